The van der Waals surface area contributed by atoms with Gasteiger partial charge >= 0.3 is 24.3 Å². The Morgan fingerprint density at radius 1 is 1.05 bits per heavy atom. The predicted octanol–water partition coefficient (Wildman–Crippen LogP) is 2.72. The maximum absolute atomic E-state index is 12.5. The normalized spacial score (nSPS) is 19.0. The van der Waals surface area contributed by atoms with Crippen LogP contribution in [0.4, 0.5) is 26.3 Å². The number of halogens is 6. The van der Waals surface area contributed by atoms with Crippen LogP contribution in [0.15, 0.2) is 36.9 Å². The number of carboxylic acid groups (broad SMARTS) is 2. The van der Waals surface area contributed by atoms with Gasteiger partial charge in [-0.05, 0) is 37.0 Å². The molecule has 1 unspecified atom stereocenters. The van der Waals surface area contributed by atoms with Gasteiger partial charge in [-0.25, -0.2) is 9.59 Å². The minimum absolute atomic E-state index is 0.0297. The number of aromatic nitrogens is 3. The van der Waals surface area contributed by atoms with Crippen molar-refractivity contribution in [1.82, 2.24) is 25.0 Å². The summed E-state index contributed by atoms with van der Waals surface area (Å²) >= 11 is 0. The Hall–Kier alpha value is -3.69. The smallest absolute Gasteiger partial charge is 0.475 e. The molecule has 0 radical (unpaired) electrons. The van der Waals surface area contributed by atoms with E-state index in [-0.39, 0.29) is 17.4 Å². The fraction of sp³-hybridized carbons (Fsp3) is 0.500. The summed E-state index contributed by atoms with van der Waals surface area (Å²) in [6.07, 6.45) is 0.300. The highest BCUT2D eigenvalue weighted by molar-refractivity contribution is 5.87. The topological polar surface area (TPSA) is 138 Å². The molecule has 0 saturated carbocycles. The zero-order valence-corrected chi connectivity index (χ0v) is 20.0. The van der Waals surface area contributed by atoms with Crippen molar-refractivity contribution in [2.45, 2.75) is 49.6 Å². The molecule has 16 heteroatoms. The summed E-state index contributed by atoms with van der Waals surface area (Å²) in [6, 6.07) is 3.92. The number of aliphatic carboxylic acids is 2. The van der Waals surface area contributed by atoms with Crippen LogP contribution >= 0.6 is 0 Å². The average molecular weight is 553 g/mol. The van der Waals surface area contributed by atoms with Crippen LogP contribution in [0.25, 0.3) is 0 Å². The van der Waals surface area contributed by atoms with Crippen molar-refractivity contribution in [2.75, 3.05) is 13.1 Å². The van der Waals surface area contributed by atoms with Gasteiger partial charge in [0, 0.05) is 56.4 Å². The summed E-state index contributed by atoms with van der Waals surface area (Å²) in [7, 11) is 1.95. The van der Waals surface area contributed by atoms with Crippen LogP contribution < -0.4 is 5.32 Å². The van der Waals surface area contributed by atoms with E-state index in [0.29, 0.717) is 0 Å². The standard InChI is InChI=1S/C18H23N5O.2C2HF3O2/c1-22-12-14(11-20-22)13-23-8-4-18(5-9-23)10-16(17(24)21-18)15-2-6-19-7-3-15;2*3-2(4,5)1(6)7/h2-3,6-7,11-12,16H,4-5,8-10,13H2,1H3,(H,21,24);2*(H,6,7). The number of amides is 1. The molecule has 1 atom stereocenters. The second-order valence-corrected chi connectivity index (χ2v) is 8.71. The number of carbonyl (C=O) groups excluding carboxylic acids is 1. The van der Waals surface area contributed by atoms with Crippen LogP contribution in [0.5, 0.6) is 0 Å². The van der Waals surface area contributed by atoms with E-state index in [9.17, 15) is 31.1 Å². The van der Waals surface area contributed by atoms with Crippen molar-refractivity contribution in [3.8, 4) is 0 Å². The minimum atomic E-state index is -5.08. The summed E-state index contributed by atoms with van der Waals surface area (Å²) < 4.78 is 65.3. The minimum Gasteiger partial charge on any atom is -0.475 e. The Kier molecular flexibility index (Phi) is 9.83. The number of nitrogens with one attached hydrogen (secondary N) is 1. The molecule has 3 N–H and O–H groups in total. The summed E-state index contributed by atoms with van der Waals surface area (Å²) in [5, 5.41) is 21.8. The van der Waals surface area contributed by atoms with Crippen LogP contribution in [0, 0.1) is 0 Å². The predicted molar refractivity (Wildman–Crippen MR) is 118 cm³/mol. The third-order valence-corrected chi connectivity index (χ3v) is 5.87. The maximum Gasteiger partial charge on any atom is 0.490 e. The van der Waals surface area contributed by atoms with Gasteiger partial charge in [-0.1, -0.05) is 0 Å². The lowest BCUT2D eigenvalue weighted by atomic mass is 9.82. The van der Waals surface area contributed by atoms with Crippen LogP contribution in [0.1, 0.15) is 36.3 Å². The molecule has 2 aliphatic rings. The fourth-order valence-electron chi connectivity index (χ4n) is 4.03. The number of piperidine rings is 1. The lowest BCUT2D eigenvalue weighted by Gasteiger charge is -2.39. The van der Waals surface area contributed by atoms with Crippen LogP contribution in [0.2, 0.25) is 0 Å². The number of pyridine rings is 1. The molecule has 4 rings (SSSR count). The number of likely N-dealkylation sites (tertiary alicyclic amines) is 1. The Morgan fingerprint density at radius 2 is 1.55 bits per heavy atom. The molecule has 2 fully saturated rings. The van der Waals surface area contributed by atoms with Crippen molar-refractivity contribution >= 4 is 17.8 Å². The molecule has 4 heterocycles. The van der Waals surface area contributed by atoms with Crippen LogP contribution in [-0.2, 0) is 28.0 Å². The largest absolute Gasteiger partial charge is 0.490 e. The van der Waals surface area contributed by atoms with E-state index >= 15 is 0 Å². The number of hydrogen-bond acceptors (Lipinski definition) is 6. The van der Waals surface area contributed by atoms with E-state index in [1.807, 2.05) is 30.1 Å². The van der Waals surface area contributed by atoms with Crippen molar-refractivity contribution in [3.63, 3.8) is 0 Å². The molecule has 1 amide bonds. The first-order valence-corrected chi connectivity index (χ1v) is 11.0. The van der Waals surface area contributed by atoms with Crippen molar-refractivity contribution in [1.29, 1.82) is 0 Å². The lowest BCUT2D eigenvalue weighted by Crippen LogP contribution is -2.50. The van der Waals surface area contributed by atoms with E-state index in [1.165, 1.54) is 5.56 Å². The molecule has 1 spiro atoms. The molecule has 2 aromatic heterocycles. The van der Waals surface area contributed by atoms with Gasteiger partial charge < -0.3 is 15.5 Å². The Labute approximate surface area is 212 Å². The van der Waals surface area contributed by atoms with Gasteiger partial charge in [0.25, 0.3) is 0 Å². The van der Waals surface area contributed by atoms with Gasteiger partial charge in [-0.3, -0.25) is 19.4 Å². The molecule has 0 aromatic carbocycles. The van der Waals surface area contributed by atoms with Crippen molar-refractivity contribution < 1.29 is 50.9 Å². The van der Waals surface area contributed by atoms with Gasteiger partial charge in [0.1, 0.15) is 0 Å². The van der Waals surface area contributed by atoms with Gasteiger partial charge in [-0.15, -0.1) is 0 Å². The molecule has 210 valence electrons. The van der Waals surface area contributed by atoms with Crippen molar-refractivity contribution in [2.24, 2.45) is 7.05 Å². The highest BCUT2D eigenvalue weighted by Gasteiger charge is 2.46. The number of alkyl halides is 6. The number of hydrogen-bond donors (Lipinski definition) is 3. The molecular weight excluding hydrogens is 528 g/mol. The Morgan fingerprint density at radius 3 is 1.97 bits per heavy atom. The average Bonchev–Trinajstić information content (AvgIpc) is 3.38. The fourth-order valence-corrected chi connectivity index (χ4v) is 4.03. The molecule has 10 nitrogen and oxygen atoms in total. The number of aryl methyl sites for hydroxylation is 1. The molecule has 2 aliphatic heterocycles. The summed E-state index contributed by atoms with van der Waals surface area (Å²) in [4.78, 5) is 36.8. The highest BCUT2D eigenvalue weighted by Crippen LogP contribution is 2.39. The monoisotopic (exact) mass is 553 g/mol. The number of nitrogens with zero attached hydrogens (tertiary/aromatic N) is 4. The van der Waals surface area contributed by atoms with Gasteiger partial charge in [0.15, 0.2) is 0 Å². The third kappa shape index (κ3) is 9.00. The molecule has 38 heavy (non-hydrogen) atoms. The summed E-state index contributed by atoms with van der Waals surface area (Å²) in [5.41, 5.74) is 2.30. The summed E-state index contributed by atoms with van der Waals surface area (Å²) in [5.74, 6) is -5.38. The van der Waals surface area contributed by atoms with E-state index in [2.05, 4.69) is 26.5 Å². The molecule has 0 aliphatic carbocycles. The first-order chi connectivity index (χ1) is 17.5. The molecule has 0 bridgehead atoms. The zero-order valence-electron chi connectivity index (χ0n) is 20.0. The first kappa shape index (κ1) is 30.5. The molecule has 2 aromatic rings. The number of carboxylic acids is 2. The third-order valence-electron chi connectivity index (χ3n) is 5.87. The zero-order chi connectivity index (χ0) is 28.7. The summed E-state index contributed by atoms with van der Waals surface area (Å²) in [6.45, 7) is 2.96. The molecular formula is C22H25F6N5O5. The quantitative estimate of drug-likeness (QED) is 0.494. The van der Waals surface area contributed by atoms with E-state index in [4.69, 9.17) is 19.8 Å². The van der Waals surface area contributed by atoms with E-state index in [0.717, 1.165) is 44.5 Å². The first-order valence-electron chi connectivity index (χ1n) is 11.0. The second kappa shape index (κ2) is 12.2. The maximum atomic E-state index is 12.5. The highest BCUT2D eigenvalue weighted by atomic mass is 19.4. The van der Waals surface area contributed by atoms with Gasteiger partial charge in [0.05, 0.1) is 12.1 Å². The Bertz CT molecular complexity index is 1070. The number of carbonyl (C=O) groups is 3. The van der Waals surface area contributed by atoms with E-state index in [1.54, 1.807) is 12.4 Å². The van der Waals surface area contributed by atoms with E-state index < -0.39 is 24.3 Å². The van der Waals surface area contributed by atoms with Gasteiger partial charge in [0.2, 0.25) is 5.91 Å². The SMILES string of the molecule is Cn1cc(CN2CCC3(CC2)CC(c2ccncc2)C(=O)N3)cn1.O=C(O)C(F)(F)F.O=C(O)C(F)(F)F. The second-order valence-electron chi connectivity index (χ2n) is 8.71. The van der Waals surface area contributed by atoms with Crippen LogP contribution in [-0.4, -0.2) is 78.7 Å². The lowest BCUT2D eigenvalue weighted by molar-refractivity contribution is -0.193. The Balaban J connectivity index is 0.000000301. The van der Waals surface area contributed by atoms with Crippen molar-refractivity contribution in [3.05, 3.63) is 48.0 Å². The van der Waals surface area contributed by atoms with Gasteiger partial charge in [-0.2, -0.15) is 31.4 Å². The molecule has 2 saturated heterocycles. The number of rotatable bonds is 3. The van der Waals surface area contributed by atoms with Crippen LogP contribution in [0.3, 0.4) is 0 Å².